The van der Waals surface area contributed by atoms with Crippen LogP contribution in [0.4, 0.5) is 5.95 Å². The first-order valence-electron chi connectivity index (χ1n) is 10.3. The van der Waals surface area contributed by atoms with E-state index in [0.717, 1.165) is 0 Å². The summed E-state index contributed by atoms with van der Waals surface area (Å²) in [5, 5.41) is 12.0. The highest BCUT2D eigenvalue weighted by Crippen LogP contribution is 2.42. The number of H-pyrrole nitrogens is 1. The van der Waals surface area contributed by atoms with Gasteiger partial charge in [-0.05, 0) is 18.6 Å². The van der Waals surface area contributed by atoms with Gasteiger partial charge in [-0.3, -0.25) is 29.4 Å². The number of nitrogens with zero attached hydrogens (tertiary/aromatic N) is 4. The third kappa shape index (κ3) is 6.40. The van der Waals surface area contributed by atoms with Gasteiger partial charge < -0.3 is 9.84 Å². The van der Waals surface area contributed by atoms with Crippen molar-refractivity contribution in [3.63, 3.8) is 0 Å². The number of aromatic nitrogens is 5. The normalized spacial score (nSPS) is 20.3. The molecule has 4 rings (SSSR count). The van der Waals surface area contributed by atoms with Crippen LogP contribution >= 0.6 is 8.81 Å². The van der Waals surface area contributed by atoms with E-state index in [1.807, 2.05) is 18.2 Å². The maximum atomic E-state index is 12.3. The fourth-order valence-corrected chi connectivity index (χ4v) is 4.02. The molecule has 13 heteroatoms. The van der Waals surface area contributed by atoms with Gasteiger partial charge in [0.25, 0.3) is 5.56 Å². The van der Waals surface area contributed by atoms with Crippen molar-refractivity contribution in [3.8, 4) is 0 Å². The number of nitrogens with one attached hydrogen (secondary N) is 2. The number of fused-ring (bicyclic) bond motifs is 1. The summed E-state index contributed by atoms with van der Waals surface area (Å²) in [5.41, 5.74) is -0.187. The van der Waals surface area contributed by atoms with Crippen molar-refractivity contribution in [1.82, 2.24) is 24.5 Å². The number of aliphatic hydroxyl groups excluding tert-OH is 1. The van der Waals surface area contributed by atoms with E-state index in [1.54, 1.807) is 30.8 Å². The average molecular weight is 478 g/mol. The van der Waals surface area contributed by atoms with Gasteiger partial charge in [-0.25, -0.2) is 14.5 Å². The second-order valence-corrected chi connectivity index (χ2v) is 8.59. The van der Waals surface area contributed by atoms with E-state index in [9.17, 15) is 14.7 Å². The summed E-state index contributed by atoms with van der Waals surface area (Å²) in [6.45, 7) is 3.33. The predicted molar refractivity (Wildman–Crippen MR) is 122 cm³/mol. The van der Waals surface area contributed by atoms with Gasteiger partial charge >= 0.3 is 0 Å². The number of anilines is 1. The molecule has 4 atom stereocenters. The third-order valence-electron chi connectivity index (χ3n) is 4.72. The lowest BCUT2D eigenvalue weighted by Crippen LogP contribution is -2.23. The number of hydrogen-bond donors (Lipinski definition) is 3. The Kier molecular flexibility index (Phi) is 8.98. The fourth-order valence-electron chi connectivity index (χ4n) is 3.09. The monoisotopic (exact) mass is 478 g/mol. The minimum absolute atomic E-state index is 0.0387. The van der Waals surface area contributed by atoms with Gasteiger partial charge in [-0.1, -0.05) is 19.9 Å². The lowest BCUT2D eigenvalue weighted by atomic mass is 10.2. The Hall–Kier alpha value is -2.76. The van der Waals surface area contributed by atoms with Crippen molar-refractivity contribution in [2.75, 3.05) is 19.0 Å². The number of amides is 1. The molecule has 4 heterocycles. The summed E-state index contributed by atoms with van der Waals surface area (Å²) in [4.78, 5) is 43.6. The van der Waals surface area contributed by atoms with Gasteiger partial charge in [-0.2, -0.15) is 4.98 Å². The van der Waals surface area contributed by atoms with E-state index in [0.29, 0.717) is 6.42 Å². The van der Waals surface area contributed by atoms with Crippen LogP contribution in [0.25, 0.3) is 11.2 Å². The summed E-state index contributed by atoms with van der Waals surface area (Å²) in [6.07, 6.45) is 4.61. The topological polar surface area (TPSA) is 153 Å². The molecule has 3 aromatic heterocycles. The molecule has 12 nitrogen and oxygen atoms in total. The van der Waals surface area contributed by atoms with E-state index in [1.165, 1.54) is 13.4 Å². The molecule has 0 saturated carbocycles. The van der Waals surface area contributed by atoms with Crippen LogP contribution in [0.3, 0.4) is 0 Å². The quantitative estimate of drug-likeness (QED) is 0.261. The van der Waals surface area contributed by atoms with Crippen molar-refractivity contribution in [2.24, 2.45) is 5.92 Å². The largest absolute Gasteiger partial charge is 0.394 e. The molecular formula is C20H27N6O6P. The van der Waals surface area contributed by atoms with Gasteiger partial charge in [-0.15, -0.1) is 0 Å². The fraction of sp³-hybridized carbons (Fsp3) is 0.450. The van der Waals surface area contributed by atoms with Gasteiger partial charge in [0.1, 0.15) is 6.23 Å². The van der Waals surface area contributed by atoms with Crippen LogP contribution in [0, 0.1) is 5.92 Å². The molecule has 4 unspecified atom stereocenters. The van der Waals surface area contributed by atoms with Crippen LogP contribution in [-0.2, 0) is 19.1 Å². The Morgan fingerprint density at radius 2 is 2.15 bits per heavy atom. The number of rotatable bonds is 7. The molecule has 1 aliphatic rings. The summed E-state index contributed by atoms with van der Waals surface area (Å²) < 4.78 is 12.6. The Morgan fingerprint density at radius 3 is 2.73 bits per heavy atom. The van der Waals surface area contributed by atoms with Crippen molar-refractivity contribution in [2.45, 2.75) is 38.3 Å². The minimum atomic E-state index is -0.538. The molecule has 0 bridgehead atoms. The number of hydrogen-bond acceptors (Lipinski definition) is 9. The highest BCUT2D eigenvalue weighted by atomic mass is 31.1. The number of imidazole rings is 1. The van der Waals surface area contributed by atoms with Crippen molar-refractivity contribution >= 4 is 31.8 Å². The van der Waals surface area contributed by atoms with E-state index in [4.69, 9.17) is 9.41 Å². The van der Waals surface area contributed by atoms with E-state index >= 15 is 0 Å². The number of aromatic amines is 1. The summed E-state index contributed by atoms with van der Waals surface area (Å²) in [6, 6.07) is 5.72. The Balaban J connectivity index is 0.000000442. The predicted octanol–water partition coefficient (Wildman–Crippen LogP) is 1.62. The Bertz CT molecular complexity index is 1060. The SMILES string of the molecule is COOPC1CC(CO)OC1n1cnc2c(=O)[nH]c(NC(=O)C(C)C)nc21.c1ccncc1. The van der Waals surface area contributed by atoms with Crippen LogP contribution in [0.2, 0.25) is 0 Å². The molecule has 0 aromatic carbocycles. The minimum Gasteiger partial charge on any atom is -0.394 e. The second kappa shape index (κ2) is 11.9. The molecule has 33 heavy (non-hydrogen) atoms. The van der Waals surface area contributed by atoms with E-state index in [-0.39, 0.29) is 56.1 Å². The third-order valence-corrected chi connectivity index (χ3v) is 5.80. The molecule has 1 saturated heterocycles. The molecule has 1 amide bonds. The molecule has 1 fully saturated rings. The molecule has 3 aromatic rings. The van der Waals surface area contributed by atoms with Crippen molar-refractivity contribution < 1.29 is 24.2 Å². The van der Waals surface area contributed by atoms with Crippen LogP contribution in [-0.4, -0.2) is 61.0 Å². The second-order valence-electron chi connectivity index (χ2n) is 7.45. The van der Waals surface area contributed by atoms with Gasteiger partial charge in [0.05, 0.1) is 40.6 Å². The van der Waals surface area contributed by atoms with Crippen molar-refractivity contribution in [1.29, 1.82) is 0 Å². The van der Waals surface area contributed by atoms with Gasteiger partial charge in [0.15, 0.2) is 11.2 Å². The van der Waals surface area contributed by atoms with Crippen LogP contribution < -0.4 is 10.9 Å². The van der Waals surface area contributed by atoms with Crippen LogP contribution in [0.5, 0.6) is 0 Å². The number of ether oxygens (including phenoxy) is 1. The summed E-state index contributed by atoms with van der Waals surface area (Å²) >= 11 is 0. The molecule has 0 radical (unpaired) electrons. The molecule has 178 valence electrons. The average Bonchev–Trinajstić information content (AvgIpc) is 3.43. The zero-order chi connectivity index (χ0) is 23.8. The lowest BCUT2D eigenvalue weighted by Gasteiger charge is -2.19. The molecule has 0 spiro atoms. The van der Waals surface area contributed by atoms with E-state index in [2.05, 4.69) is 30.1 Å². The standard InChI is InChI=1S/C15H22N5O6P.C5H5N/c1-7(2)12(22)18-15-17-11-10(13(23)19-15)16-6-20(11)14-9(27-26-24-3)4-8(5-21)25-14;1-2-4-6-5-3-1/h6-9,14,21,27H,4-5H2,1-3H3,(H2,17,18,19,22,23);1-5H. The van der Waals surface area contributed by atoms with Gasteiger partial charge in [0.2, 0.25) is 11.9 Å². The molecule has 1 aliphatic heterocycles. The molecule has 3 N–H and O–H groups in total. The molecular weight excluding hydrogens is 451 g/mol. The first-order valence-corrected chi connectivity index (χ1v) is 11.3. The molecule has 0 aliphatic carbocycles. The number of carbonyl (C=O) groups excluding carboxylic acids is 1. The first-order chi connectivity index (χ1) is 15.9. The Morgan fingerprint density at radius 1 is 1.39 bits per heavy atom. The zero-order valence-corrected chi connectivity index (χ0v) is 19.5. The van der Waals surface area contributed by atoms with Crippen LogP contribution in [0.15, 0.2) is 41.7 Å². The summed E-state index contributed by atoms with van der Waals surface area (Å²) in [7, 11) is 1.38. The lowest BCUT2D eigenvalue weighted by molar-refractivity contribution is -0.167. The summed E-state index contributed by atoms with van der Waals surface area (Å²) in [5.74, 6) is -0.498. The smallest absolute Gasteiger partial charge is 0.280 e. The first kappa shape index (κ1) is 24.9. The van der Waals surface area contributed by atoms with Gasteiger partial charge in [0, 0.05) is 18.3 Å². The maximum absolute atomic E-state index is 12.3. The highest BCUT2D eigenvalue weighted by molar-refractivity contribution is 7.33. The number of carbonyl (C=O) groups is 1. The van der Waals surface area contributed by atoms with E-state index < -0.39 is 11.8 Å². The van der Waals surface area contributed by atoms with Crippen molar-refractivity contribution in [3.05, 3.63) is 47.3 Å². The van der Waals surface area contributed by atoms with Crippen LogP contribution in [0.1, 0.15) is 26.5 Å². The number of aliphatic hydroxyl groups is 1. The zero-order valence-electron chi connectivity index (χ0n) is 18.5. The Labute approximate surface area is 191 Å². The highest BCUT2D eigenvalue weighted by Gasteiger charge is 2.38. The maximum Gasteiger partial charge on any atom is 0.280 e. The number of pyridine rings is 1.